The molecule has 1 saturated carbocycles. The lowest BCUT2D eigenvalue weighted by Crippen LogP contribution is -2.45. The maximum Gasteiger partial charge on any atom is 0.328 e. The van der Waals surface area contributed by atoms with Crippen LogP contribution in [0.25, 0.3) is 0 Å². The molecule has 0 heterocycles. The first-order chi connectivity index (χ1) is 9.87. The Morgan fingerprint density at radius 2 is 1.71 bits per heavy atom. The monoisotopic (exact) mass is 311 g/mol. The Bertz CT molecular complexity index is 590. The molecule has 0 spiro atoms. The minimum Gasteiger partial charge on any atom is -0.399 e. The number of hydrogen-bond acceptors (Lipinski definition) is 4. The predicted molar refractivity (Wildman–Crippen MR) is 81.1 cm³/mol. The van der Waals surface area contributed by atoms with Gasteiger partial charge in [-0.05, 0) is 55.9 Å². The third-order valence-electron chi connectivity index (χ3n) is 3.77. The van der Waals surface area contributed by atoms with Gasteiger partial charge in [-0.1, -0.05) is 6.92 Å². The summed E-state index contributed by atoms with van der Waals surface area (Å²) in [4.78, 5) is 11.8. The number of sulfonamides is 1. The van der Waals surface area contributed by atoms with E-state index in [1.54, 1.807) is 0 Å². The van der Waals surface area contributed by atoms with Crippen LogP contribution >= 0.6 is 0 Å². The zero-order chi connectivity index (χ0) is 15.5. The first-order valence-corrected chi connectivity index (χ1v) is 8.54. The molecule has 0 unspecified atom stereocenters. The first kappa shape index (κ1) is 15.6. The lowest BCUT2D eigenvalue weighted by molar-refractivity contribution is 0.233. The number of anilines is 1. The van der Waals surface area contributed by atoms with E-state index < -0.39 is 16.1 Å². The van der Waals surface area contributed by atoms with Gasteiger partial charge in [0, 0.05) is 11.7 Å². The highest BCUT2D eigenvalue weighted by atomic mass is 32.2. The number of nitrogens with two attached hydrogens (primary N) is 1. The van der Waals surface area contributed by atoms with Gasteiger partial charge in [0.1, 0.15) is 0 Å². The van der Waals surface area contributed by atoms with E-state index in [-0.39, 0.29) is 10.9 Å². The van der Waals surface area contributed by atoms with Gasteiger partial charge < -0.3 is 11.1 Å². The predicted octanol–water partition coefficient (Wildman–Crippen LogP) is 1.84. The highest BCUT2D eigenvalue weighted by Crippen LogP contribution is 2.23. The molecule has 1 aliphatic carbocycles. The summed E-state index contributed by atoms with van der Waals surface area (Å²) >= 11 is 0. The van der Waals surface area contributed by atoms with Gasteiger partial charge in [-0.3, -0.25) is 0 Å². The van der Waals surface area contributed by atoms with E-state index in [2.05, 4.69) is 12.2 Å². The Morgan fingerprint density at radius 1 is 1.14 bits per heavy atom. The van der Waals surface area contributed by atoms with E-state index in [0.29, 0.717) is 11.6 Å². The van der Waals surface area contributed by atoms with E-state index in [1.807, 2.05) is 4.72 Å². The van der Waals surface area contributed by atoms with Crippen LogP contribution in [0.1, 0.15) is 32.6 Å². The molecule has 116 valence electrons. The lowest BCUT2D eigenvalue weighted by atomic mass is 9.87. The van der Waals surface area contributed by atoms with Gasteiger partial charge in [0.15, 0.2) is 0 Å². The van der Waals surface area contributed by atoms with Crippen molar-refractivity contribution >= 4 is 21.7 Å². The Morgan fingerprint density at radius 3 is 2.29 bits per heavy atom. The molecule has 6 nitrogen and oxygen atoms in total. The number of benzene rings is 1. The minimum atomic E-state index is -3.86. The van der Waals surface area contributed by atoms with E-state index in [9.17, 15) is 13.2 Å². The molecule has 1 aromatic carbocycles. The van der Waals surface area contributed by atoms with E-state index in [4.69, 9.17) is 5.73 Å². The van der Waals surface area contributed by atoms with Crippen molar-refractivity contribution in [2.45, 2.75) is 43.5 Å². The van der Waals surface area contributed by atoms with Crippen molar-refractivity contribution in [3.8, 4) is 0 Å². The molecule has 0 bridgehead atoms. The quantitative estimate of drug-likeness (QED) is 0.741. The summed E-state index contributed by atoms with van der Waals surface area (Å²) in [5.74, 6) is 0.671. The molecule has 7 heteroatoms. The van der Waals surface area contributed by atoms with Crippen molar-refractivity contribution in [3.05, 3.63) is 24.3 Å². The molecule has 2 rings (SSSR count). The molecule has 1 aliphatic rings. The number of carbonyl (C=O) groups excluding carboxylic acids is 1. The fraction of sp³-hybridized carbons (Fsp3) is 0.500. The number of nitrogen functional groups attached to an aromatic ring is 1. The average molecular weight is 311 g/mol. The van der Waals surface area contributed by atoms with E-state index >= 15 is 0 Å². The average Bonchev–Trinajstić information content (AvgIpc) is 2.41. The lowest BCUT2D eigenvalue weighted by Gasteiger charge is -2.26. The smallest absolute Gasteiger partial charge is 0.328 e. The second kappa shape index (κ2) is 6.34. The molecule has 4 N–H and O–H groups in total. The number of nitrogens with one attached hydrogen (secondary N) is 2. The van der Waals surface area contributed by atoms with Crippen molar-refractivity contribution < 1.29 is 13.2 Å². The van der Waals surface area contributed by atoms with Crippen LogP contribution in [-0.2, 0) is 10.0 Å². The van der Waals surface area contributed by atoms with Crippen LogP contribution in [0.5, 0.6) is 0 Å². The Labute approximate surface area is 125 Å². The molecule has 1 aromatic rings. The highest BCUT2D eigenvalue weighted by molar-refractivity contribution is 7.90. The second-order valence-corrected chi connectivity index (χ2v) is 7.29. The number of carbonyl (C=O) groups is 1. The molecule has 0 saturated heterocycles. The maximum absolute atomic E-state index is 12.0. The van der Waals surface area contributed by atoms with Crippen LogP contribution in [0.15, 0.2) is 29.2 Å². The van der Waals surface area contributed by atoms with Crippen LogP contribution < -0.4 is 15.8 Å². The van der Waals surface area contributed by atoms with Crippen molar-refractivity contribution in [1.82, 2.24) is 10.0 Å². The fourth-order valence-electron chi connectivity index (χ4n) is 2.45. The van der Waals surface area contributed by atoms with Crippen LogP contribution in [-0.4, -0.2) is 20.5 Å². The number of hydrogen-bond donors (Lipinski definition) is 3. The third kappa shape index (κ3) is 4.35. The van der Waals surface area contributed by atoms with Crippen molar-refractivity contribution in [2.24, 2.45) is 5.92 Å². The van der Waals surface area contributed by atoms with Crippen LogP contribution in [0, 0.1) is 5.92 Å². The summed E-state index contributed by atoms with van der Waals surface area (Å²) in [6.07, 6.45) is 3.87. The zero-order valence-electron chi connectivity index (χ0n) is 12.0. The Balaban J connectivity index is 1.93. The Kier molecular flexibility index (Phi) is 4.72. The van der Waals surface area contributed by atoms with Gasteiger partial charge >= 0.3 is 6.03 Å². The van der Waals surface area contributed by atoms with E-state index in [1.165, 1.54) is 24.3 Å². The third-order valence-corrected chi connectivity index (χ3v) is 5.12. The summed E-state index contributed by atoms with van der Waals surface area (Å²) in [5.41, 5.74) is 5.98. The normalized spacial score (nSPS) is 22.5. The first-order valence-electron chi connectivity index (χ1n) is 7.05. The van der Waals surface area contributed by atoms with Gasteiger partial charge in [-0.25, -0.2) is 17.9 Å². The molecule has 2 amide bonds. The van der Waals surface area contributed by atoms with Crippen LogP contribution in [0.2, 0.25) is 0 Å². The molecule has 0 aromatic heterocycles. The zero-order valence-corrected chi connectivity index (χ0v) is 12.8. The van der Waals surface area contributed by atoms with E-state index in [0.717, 1.165) is 25.7 Å². The van der Waals surface area contributed by atoms with Crippen molar-refractivity contribution in [3.63, 3.8) is 0 Å². The number of urea groups is 1. The Hall–Kier alpha value is -1.76. The van der Waals surface area contributed by atoms with Gasteiger partial charge in [-0.15, -0.1) is 0 Å². The molecule has 0 radical (unpaired) electrons. The number of amides is 2. The van der Waals surface area contributed by atoms with Crippen LogP contribution in [0.4, 0.5) is 10.5 Å². The molecular formula is C14H21N3O3S. The second-order valence-electron chi connectivity index (χ2n) is 5.60. The van der Waals surface area contributed by atoms with Gasteiger partial charge in [-0.2, -0.15) is 0 Å². The van der Waals surface area contributed by atoms with Gasteiger partial charge in [0.05, 0.1) is 4.90 Å². The molecular weight excluding hydrogens is 290 g/mol. The molecule has 1 fully saturated rings. The number of rotatable bonds is 3. The SMILES string of the molecule is CC1CCC(NC(=O)NS(=O)(=O)c2ccc(N)cc2)CC1. The standard InChI is InChI=1S/C14H21N3O3S/c1-10-2-6-12(7-3-10)16-14(18)17-21(19,20)13-8-4-11(15)5-9-13/h4-5,8-10,12H,2-3,6-7,15H2,1H3,(H2,16,17,18). The topological polar surface area (TPSA) is 101 Å². The summed E-state index contributed by atoms with van der Waals surface area (Å²) < 4.78 is 26.1. The minimum absolute atomic E-state index is 0.0177. The summed E-state index contributed by atoms with van der Waals surface area (Å²) in [7, 11) is -3.86. The van der Waals surface area contributed by atoms with Crippen LogP contribution in [0.3, 0.4) is 0 Å². The maximum atomic E-state index is 12.0. The fourth-order valence-corrected chi connectivity index (χ4v) is 3.36. The summed E-state index contributed by atoms with van der Waals surface area (Å²) in [6, 6.07) is 5.07. The summed E-state index contributed by atoms with van der Waals surface area (Å²) in [5, 5.41) is 2.72. The highest BCUT2D eigenvalue weighted by Gasteiger charge is 2.22. The molecule has 21 heavy (non-hydrogen) atoms. The molecule has 0 atom stereocenters. The van der Waals surface area contributed by atoms with Gasteiger partial charge in [0.25, 0.3) is 10.0 Å². The van der Waals surface area contributed by atoms with Crippen molar-refractivity contribution in [2.75, 3.05) is 5.73 Å². The van der Waals surface area contributed by atoms with Gasteiger partial charge in [0.2, 0.25) is 0 Å². The molecule has 0 aliphatic heterocycles. The van der Waals surface area contributed by atoms with Crippen molar-refractivity contribution in [1.29, 1.82) is 0 Å². The summed E-state index contributed by atoms with van der Waals surface area (Å²) in [6.45, 7) is 2.18. The largest absolute Gasteiger partial charge is 0.399 e.